The van der Waals surface area contributed by atoms with Crippen molar-refractivity contribution in [3.8, 4) is 22.3 Å². The molecule has 0 aliphatic rings. The number of pyridine rings is 2. The summed E-state index contributed by atoms with van der Waals surface area (Å²) in [6, 6.07) is 16.0. The topological polar surface area (TPSA) is 42.9 Å². The molecule has 0 aliphatic carbocycles. The standard InChI is InChI=1S/C27H22Br2N2O/c1-15-11-17(3)23(28)21(13-15)19-7-5-9-30-25(19)27(32)26-20(8-6-10-31-26)22-14-16(2)12-18(4)24(22)29/h5-14H,1-4H3. The summed E-state index contributed by atoms with van der Waals surface area (Å²) in [4.78, 5) is 22.8. The molecule has 4 aromatic rings. The van der Waals surface area contributed by atoms with Crippen molar-refractivity contribution in [1.82, 2.24) is 9.97 Å². The minimum absolute atomic E-state index is 0.201. The molecule has 0 spiro atoms. The number of hydrogen-bond acceptors (Lipinski definition) is 3. The molecule has 0 fully saturated rings. The third kappa shape index (κ3) is 4.19. The summed E-state index contributed by atoms with van der Waals surface area (Å²) in [5.41, 5.74) is 8.71. The van der Waals surface area contributed by atoms with E-state index in [1.54, 1.807) is 12.4 Å². The minimum atomic E-state index is -0.201. The SMILES string of the molecule is Cc1cc(C)c(Br)c(-c2cccnc2C(=O)c2ncccc2-c2cc(C)cc(C)c2Br)c1. The molecule has 0 bridgehead atoms. The fourth-order valence-electron chi connectivity index (χ4n) is 4.01. The molecule has 0 unspecified atom stereocenters. The minimum Gasteiger partial charge on any atom is -0.285 e. The quantitative estimate of drug-likeness (QED) is 0.244. The van der Waals surface area contributed by atoms with E-state index in [2.05, 4.69) is 79.9 Å². The second kappa shape index (κ2) is 9.08. The normalized spacial score (nSPS) is 10.9. The summed E-state index contributed by atoms with van der Waals surface area (Å²) in [5, 5.41) is 0. The predicted molar refractivity (Wildman–Crippen MR) is 137 cm³/mol. The van der Waals surface area contributed by atoms with Gasteiger partial charge < -0.3 is 0 Å². The van der Waals surface area contributed by atoms with Crippen molar-refractivity contribution in [3.63, 3.8) is 0 Å². The fourth-order valence-corrected chi connectivity index (χ4v) is 4.90. The second-order valence-electron chi connectivity index (χ2n) is 8.01. The van der Waals surface area contributed by atoms with E-state index in [0.29, 0.717) is 11.4 Å². The Morgan fingerprint density at radius 2 is 1.06 bits per heavy atom. The van der Waals surface area contributed by atoms with Crippen LogP contribution in [0.2, 0.25) is 0 Å². The first-order valence-electron chi connectivity index (χ1n) is 10.3. The smallest absolute Gasteiger partial charge is 0.230 e. The number of ketones is 1. The summed E-state index contributed by atoms with van der Waals surface area (Å²) in [6.07, 6.45) is 3.31. The van der Waals surface area contributed by atoms with E-state index in [9.17, 15) is 4.79 Å². The molecule has 0 aliphatic heterocycles. The Morgan fingerprint density at radius 1 is 0.656 bits per heavy atom. The molecule has 0 amide bonds. The van der Waals surface area contributed by atoms with E-state index in [4.69, 9.17) is 0 Å². The zero-order chi connectivity index (χ0) is 23.0. The van der Waals surface area contributed by atoms with Crippen LogP contribution in [0.25, 0.3) is 22.3 Å². The molecule has 0 radical (unpaired) electrons. The van der Waals surface area contributed by atoms with Gasteiger partial charge in [0.25, 0.3) is 0 Å². The first-order valence-corrected chi connectivity index (χ1v) is 11.9. The highest BCUT2D eigenvalue weighted by molar-refractivity contribution is 9.11. The summed E-state index contributed by atoms with van der Waals surface area (Å²) in [7, 11) is 0. The molecule has 0 N–H and O–H groups in total. The Bertz CT molecular complexity index is 1260. The molecule has 2 aromatic heterocycles. The average molecular weight is 550 g/mol. The fraction of sp³-hybridized carbons (Fsp3) is 0.148. The summed E-state index contributed by atoms with van der Waals surface area (Å²) >= 11 is 7.41. The van der Waals surface area contributed by atoms with E-state index < -0.39 is 0 Å². The number of rotatable bonds is 4. The lowest BCUT2D eigenvalue weighted by Crippen LogP contribution is -2.10. The van der Waals surface area contributed by atoms with Gasteiger partial charge >= 0.3 is 0 Å². The Balaban J connectivity index is 1.92. The van der Waals surface area contributed by atoms with Gasteiger partial charge in [-0.15, -0.1) is 0 Å². The van der Waals surface area contributed by atoms with Gasteiger partial charge in [-0.2, -0.15) is 0 Å². The Morgan fingerprint density at radius 3 is 1.47 bits per heavy atom. The Labute approximate surface area is 205 Å². The largest absolute Gasteiger partial charge is 0.285 e. The van der Waals surface area contributed by atoms with Gasteiger partial charge in [0.1, 0.15) is 11.4 Å². The number of carbonyl (C=O) groups is 1. The molecule has 2 heterocycles. The highest BCUT2D eigenvalue weighted by Gasteiger charge is 2.23. The van der Waals surface area contributed by atoms with Crippen LogP contribution in [-0.4, -0.2) is 15.8 Å². The highest BCUT2D eigenvalue weighted by atomic mass is 79.9. The Hall–Kier alpha value is -2.63. The molecular weight excluding hydrogens is 528 g/mol. The molecule has 5 heteroatoms. The first-order chi connectivity index (χ1) is 15.3. The van der Waals surface area contributed by atoms with Gasteiger partial charge in [-0.1, -0.05) is 47.5 Å². The zero-order valence-corrected chi connectivity index (χ0v) is 21.5. The number of nitrogens with zero attached hydrogens (tertiary/aromatic N) is 2. The van der Waals surface area contributed by atoms with E-state index in [0.717, 1.165) is 53.5 Å². The molecular formula is C27H22Br2N2O. The van der Waals surface area contributed by atoms with Gasteiger partial charge in [0, 0.05) is 32.5 Å². The van der Waals surface area contributed by atoms with Gasteiger partial charge in [0.2, 0.25) is 5.78 Å². The monoisotopic (exact) mass is 548 g/mol. The van der Waals surface area contributed by atoms with Crippen LogP contribution in [0.3, 0.4) is 0 Å². The van der Waals surface area contributed by atoms with Gasteiger partial charge in [-0.3, -0.25) is 14.8 Å². The van der Waals surface area contributed by atoms with Crippen molar-refractivity contribution in [2.45, 2.75) is 27.7 Å². The van der Waals surface area contributed by atoms with E-state index in [-0.39, 0.29) is 5.78 Å². The van der Waals surface area contributed by atoms with E-state index in [1.807, 2.05) is 38.1 Å². The molecule has 0 atom stereocenters. The van der Waals surface area contributed by atoms with Crippen molar-refractivity contribution >= 4 is 37.6 Å². The van der Waals surface area contributed by atoms with Crippen molar-refractivity contribution in [2.75, 3.05) is 0 Å². The number of carbonyl (C=O) groups excluding carboxylic acids is 1. The van der Waals surface area contributed by atoms with E-state index >= 15 is 0 Å². The van der Waals surface area contributed by atoms with Crippen LogP contribution >= 0.6 is 31.9 Å². The molecule has 0 saturated carbocycles. The van der Waals surface area contributed by atoms with Crippen LogP contribution in [0, 0.1) is 27.7 Å². The van der Waals surface area contributed by atoms with Crippen molar-refractivity contribution < 1.29 is 4.79 Å². The second-order valence-corrected chi connectivity index (χ2v) is 9.60. The zero-order valence-electron chi connectivity index (χ0n) is 18.3. The lowest BCUT2D eigenvalue weighted by atomic mass is 9.94. The van der Waals surface area contributed by atoms with Gasteiger partial charge in [0.05, 0.1) is 0 Å². The van der Waals surface area contributed by atoms with Crippen LogP contribution in [0.15, 0.2) is 69.9 Å². The summed E-state index contributed by atoms with van der Waals surface area (Å²) < 4.78 is 1.92. The molecule has 4 rings (SSSR count). The third-order valence-corrected chi connectivity index (χ3v) is 7.53. The number of aromatic nitrogens is 2. The van der Waals surface area contributed by atoms with Crippen molar-refractivity contribution in [1.29, 1.82) is 0 Å². The number of hydrogen-bond donors (Lipinski definition) is 0. The van der Waals surface area contributed by atoms with Crippen molar-refractivity contribution in [3.05, 3.63) is 104 Å². The Kier molecular flexibility index (Phi) is 6.40. The number of aryl methyl sites for hydroxylation is 4. The average Bonchev–Trinajstić information content (AvgIpc) is 2.78. The maximum atomic E-state index is 13.8. The molecule has 2 aromatic carbocycles. The number of benzene rings is 2. The first kappa shape index (κ1) is 22.6. The summed E-state index contributed by atoms with van der Waals surface area (Å²) in [5.74, 6) is -0.201. The van der Waals surface area contributed by atoms with Gasteiger partial charge in [-0.25, -0.2) is 0 Å². The maximum Gasteiger partial charge on any atom is 0.230 e. The molecule has 3 nitrogen and oxygen atoms in total. The van der Waals surface area contributed by atoms with Crippen LogP contribution in [0.4, 0.5) is 0 Å². The van der Waals surface area contributed by atoms with E-state index in [1.165, 1.54) is 0 Å². The molecule has 0 saturated heterocycles. The molecule has 32 heavy (non-hydrogen) atoms. The summed E-state index contributed by atoms with van der Waals surface area (Å²) in [6.45, 7) is 8.20. The van der Waals surface area contributed by atoms with Gasteiger partial charge in [0.15, 0.2) is 0 Å². The van der Waals surface area contributed by atoms with Crippen molar-refractivity contribution in [2.24, 2.45) is 0 Å². The van der Waals surface area contributed by atoms with Gasteiger partial charge in [-0.05, 0) is 93.9 Å². The predicted octanol–water partition coefficient (Wildman–Crippen LogP) is 7.80. The lowest BCUT2D eigenvalue weighted by molar-refractivity contribution is 0.103. The van der Waals surface area contributed by atoms with Crippen LogP contribution in [0.5, 0.6) is 0 Å². The maximum absolute atomic E-state index is 13.8. The number of halogens is 2. The van der Waals surface area contributed by atoms with Crippen LogP contribution in [-0.2, 0) is 0 Å². The molecule has 160 valence electrons. The highest BCUT2D eigenvalue weighted by Crippen LogP contribution is 2.37. The lowest BCUT2D eigenvalue weighted by Gasteiger charge is -2.15. The van der Waals surface area contributed by atoms with Crippen LogP contribution < -0.4 is 0 Å². The van der Waals surface area contributed by atoms with Crippen LogP contribution in [0.1, 0.15) is 38.4 Å². The third-order valence-electron chi connectivity index (χ3n) is 5.42.